The number of benzene rings is 1. The molecule has 8 heteroatoms. The van der Waals surface area contributed by atoms with Crippen molar-refractivity contribution in [3.63, 3.8) is 0 Å². The molecule has 0 fully saturated rings. The second kappa shape index (κ2) is 9.42. The maximum absolute atomic E-state index is 12.6. The molecule has 132 valence electrons. The molecule has 0 bridgehead atoms. The van der Waals surface area contributed by atoms with E-state index in [4.69, 9.17) is 5.26 Å². The molecule has 0 aliphatic rings. The third-order valence-corrected chi connectivity index (χ3v) is 4.91. The van der Waals surface area contributed by atoms with Crippen molar-refractivity contribution in [1.82, 2.24) is 4.31 Å². The van der Waals surface area contributed by atoms with Crippen LogP contribution in [-0.2, 0) is 19.6 Å². The van der Waals surface area contributed by atoms with E-state index in [1.807, 2.05) is 0 Å². The number of rotatable bonds is 9. The van der Waals surface area contributed by atoms with E-state index >= 15 is 0 Å². The molecule has 0 radical (unpaired) electrons. The molecule has 0 amide bonds. The Morgan fingerprint density at radius 3 is 2.28 bits per heavy atom. The zero-order valence-corrected chi connectivity index (χ0v) is 14.6. The van der Waals surface area contributed by atoms with Crippen LogP contribution in [-0.4, -0.2) is 38.9 Å². The lowest BCUT2D eigenvalue weighted by Crippen LogP contribution is -2.31. The van der Waals surface area contributed by atoms with Crippen LogP contribution in [0.1, 0.15) is 0 Å². The molecule has 0 aliphatic carbocycles. The van der Waals surface area contributed by atoms with Crippen LogP contribution in [0.25, 0.3) is 0 Å². The van der Waals surface area contributed by atoms with E-state index in [0.29, 0.717) is 5.69 Å². The van der Waals surface area contributed by atoms with Crippen LogP contribution < -0.4 is 5.32 Å². The molecule has 1 aromatic carbocycles. The van der Waals surface area contributed by atoms with Crippen molar-refractivity contribution in [3.05, 3.63) is 61.3 Å². The SMILES string of the molecule is C=CCN(CC=C)S(=O)(=O)c1ccc(N/C=C(\C#N)C(=O)OC)cc1. The Kier molecular flexibility index (Phi) is 7.59. The van der Waals surface area contributed by atoms with Crippen molar-refractivity contribution in [2.45, 2.75) is 4.90 Å². The van der Waals surface area contributed by atoms with E-state index in [1.165, 1.54) is 54.0 Å². The number of nitrogens with one attached hydrogen (secondary N) is 1. The molecule has 1 rings (SSSR count). The second-order valence-corrected chi connectivity index (χ2v) is 6.67. The number of hydrogen-bond acceptors (Lipinski definition) is 6. The molecular formula is C17H19N3O4S. The van der Waals surface area contributed by atoms with E-state index in [1.54, 1.807) is 6.07 Å². The van der Waals surface area contributed by atoms with Crippen LogP contribution in [0.2, 0.25) is 0 Å². The van der Waals surface area contributed by atoms with Crippen LogP contribution in [0.4, 0.5) is 5.69 Å². The van der Waals surface area contributed by atoms with Gasteiger partial charge in [-0.3, -0.25) is 0 Å². The van der Waals surface area contributed by atoms with Crippen LogP contribution in [0, 0.1) is 11.3 Å². The van der Waals surface area contributed by atoms with Gasteiger partial charge in [0.25, 0.3) is 0 Å². The van der Waals surface area contributed by atoms with Gasteiger partial charge >= 0.3 is 5.97 Å². The van der Waals surface area contributed by atoms with Crippen molar-refractivity contribution < 1.29 is 17.9 Å². The number of hydrogen-bond donors (Lipinski definition) is 1. The molecule has 0 saturated carbocycles. The Hall–Kier alpha value is -2.89. The molecule has 0 heterocycles. The Labute approximate surface area is 147 Å². The first-order valence-electron chi connectivity index (χ1n) is 7.17. The molecule has 0 atom stereocenters. The van der Waals surface area contributed by atoms with Crippen molar-refractivity contribution in [3.8, 4) is 6.07 Å². The first-order chi connectivity index (χ1) is 11.9. The van der Waals surface area contributed by atoms with Crippen LogP contribution >= 0.6 is 0 Å². The van der Waals surface area contributed by atoms with Gasteiger partial charge < -0.3 is 10.1 Å². The topological polar surface area (TPSA) is 99.5 Å². The molecule has 25 heavy (non-hydrogen) atoms. The fraction of sp³-hybridized carbons (Fsp3) is 0.176. The lowest BCUT2D eigenvalue weighted by Gasteiger charge is -2.19. The molecule has 0 saturated heterocycles. The number of carbonyl (C=O) groups is 1. The number of anilines is 1. The number of ether oxygens (including phenoxy) is 1. The summed E-state index contributed by atoms with van der Waals surface area (Å²) in [6.45, 7) is 7.44. The zero-order chi connectivity index (χ0) is 18.9. The summed E-state index contributed by atoms with van der Waals surface area (Å²) in [5, 5.41) is 11.6. The smallest absolute Gasteiger partial charge is 0.350 e. The molecule has 7 nitrogen and oxygen atoms in total. The van der Waals surface area contributed by atoms with Gasteiger partial charge in [-0.2, -0.15) is 9.57 Å². The van der Waals surface area contributed by atoms with E-state index in [2.05, 4.69) is 23.2 Å². The van der Waals surface area contributed by atoms with Crippen molar-refractivity contribution in [2.24, 2.45) is 0 Å². The van der Waals surface area contributed by atoms with Crippen LogP contribution in [0.3, 0.4) is 0 Å². The Bertz CT molecular complexity index is 795. The third-order valence-electron chi connectivity index (χ3n) is 3.07. The first-order valence-corrected chi connectivity index (χ1v) is 8.61. The maximum atomic E-state index is 12.6. The second-order valence-electron chi connectivity index (χ2n) is 4.73. The summed E-state index contributed by atoms with van der Waals surface area (Å²) in [6.07, 6.45) is 4.19. The minimum atomic E-state index is -3.67. The number of methoxy groups -OCH3 is 1. The highest BCUT2D eigenvalue weighted by Gasteiger charge is 2.22. The van der Waals surface area contributed by atoms with E-state index in [9.17, 15) is 13.2 Å². The van der Waals surface area contributed by atoms with Gasteiger partial charge in [0.15, 0.2) is 5.57 Å². The molecule has 1 N–H and O–H groups in total. The van der Waals surface area contributed by atoms with E-state index in [-0.39, 0.29) is 23.6 Å². The van der Waals surface area contributed by atoms with E-state index < -0.39 is 16.0 Å². The average Bonchev–Trinajstić information content (AvgIpc) is 2.62. The Morgan fingerprint density at radius 1 is 1.28 bits per heavy atom. The molecular weight excluding hydrogens is 342 g/mol. The summed E-state index contributed by atoms with van der Waals surface area (Å²) in [5.74, 6) is -0.765. The van der Waals surface area contributed by atoms with Gasteiger partial charge in [0.1, 0.15) is 6.07 Å². The van der Waals surface area contributed by atoms with Gasteiger partial charge in [-0.15, -0.1) is 13.2 Å². The highest BCUT2D eigenvalue weighted by molar-refractivity contribution is 7.89. The highest BCUT2D eigenvalue weighted by atomic mass is 32.2. The quantitative estimate of drug-likeness (QED) is 0.313. The zero-order valence-electron chi connectivity index (χ0n) is 13.8. The van der Waals surface area contributed by atoms with Crippen LogP contribution in [0.15, 0.2) is 66.2 Å². The van der Waals surface area contributed by atoms with Gasteiger partial charge in [0.2, 0.25) is 10.0 Å². The Morgan fingerprint density at radius 2 is 1.84 bits per heavy atom. The van der Waals surface area contributed by atoms with Gasteiger partial charge in [-0.25, -0.2) is 13.2 Å². The summed E-state index contributed by atoms with van der Waals surface area (Å²) in [6, 6.07) is 7.60. The fourth-order valence-electron chi connectivity index (χ4n) is 1.83. The minimum Gasteiger partial charge on any atom is -0.465 e. The number of sulfonamides is 1. The van der Waals surface area contributed by atoms with Crippen LogP contribution in [0.5, 0.6) is 0 Å². The van der Waals surface area contributed by atoms with Gasteiger partial charge in [0.05, 0.1) is 12.0 Å². The van der Waals surface area contributed by atoms with Gasteiger partial charge in [0, 0.05) is 25.0 Å². The summed E-state index contributed by atoms with van der Waals surface area (Å²) < 4.78 is 30.8. The lowest BCUT2D eigenvalue weighted by molar-refractivity contribution is -0.135. The monoisotopic (exact) mass is 361 g/mol. The third kappa shape index (κ3) is 5.31. The molecule has 1 aromatic rings. The predicted molar refractivity (Wildman–Crippen MR) is 94.9 cm³/mol. The highest BCUT2D eigenvalue weighted by Crippen LogP contribution is 2.18. The van der Waals surface area contributed by atoms with Crippen molar-refractivity contribution in [2.75, 3.05) is 25.5 Å². The average molecular weight is 361 g/mol. The molecule has 0 aliphatic heterocycles. The summed E-state index contributed by atoms with van der Waals surface area (Å²) in [4.78, 5) is 11.4. The fourth-order valence-corrected chi connectivity index (χ4v) is 3.21. The van der Waals surface area contributed by atoms with Crippen molar-refractivity contribution in [1.29, 1.82) is 5.26 Å². The summed E-state index contributed by atoms with van der Waals surface area (Å²) in [5.41, 5.74) is 0.303. The standard InChI is InChI=1S/C17H19N3O4S/c1-4-10-20(11-5-2)25(22,23)16-8-6-15(7-9-16)19-13-14(12-18)17(21)24-3/h4-9,13,19H,1-2,10-11H2,3H3/b14-13+. The summed E-state index contributed by atoms with van der Waals surface area (Å²) in [7, 11) is -2.50. The van der Waals surface area contributed by atoms with Crippen molar-refractivity contribution >= 4 is 21.7 Å². The number of nitrogens with zero attached hydrogens (tertiary/aromatic N) is 2. The molecule has 0 aromatic heterocycles. The first kappa shape index (κ1) is 20.2. The lowest BCUT2D eigenvalue weighted by atomic mass is 10.3. The number of carbonyl (C=O) groups excluding carboxylic acids is 1. The number of esters is 1. The Balaban J connectivity index is 3.00. The van der Waals surface area contributed by atoms with Gasteiger partial charge in [-0.05, 0) is 24.3 Å². The summed E-state index contributed by atoms with van der Waals surface area (Å²) >= 11 is 0. The van der Waals surface area contributed by atoms with E-state index in [0.717, 1.165) is 0 Å². The molecule has 0 unspecified atom stereocenters. The minimum absolute atomic E-state index is 0.110. The largest absolute Gasteiger partial charge is 0.465 e. The predicted octanol–water partition coefficient (Wildman–Crippen LogP) is 2.04. The molecule has 0 spiro atoms. The normalized spacial score (nSPS) is 11.5. The van der Waals surface area contributed by atoms with Gasteiger partial charge in [-0.1, -0.05) is 12.2 Å². The number of nitriles is 1. The maximum Gasteiger partial charge on any atom is 0.350 e.